The van der Waals surface area contributed by atoms with E-state index in [9.17, 15) is 4.79 Å². The third-order valence-corrected chi connectivity index (χ3v) is 2.14. The Morgan fingerprint density at radius 1 is 1.50 bits per heavy atom. The van der Waals surface area contributed by atoms with Crippen LogP contribution in [0.25, 0.3) is 5.69 Å². The van der Waals surface area contributed by atoms with Crippen LogP contribution in [0, 0.1) is 6.92 Å². The van der Waals surface area contributed by atoms with Crippen LogP contribution in [0.5, 0.6) is 0 Å². The van der Waals surface area contributed by atoms with Gasteiger partial charge in [-0.2, -0.15) is 5.10 Å². The van der Waals surface area contributed by atoms with Crippen LogP contribution in [0.15, 0.2) is 29.1 Å². The Labute approximate surface area is 85.1 Å². The molecule has 1 aromatic carbocycles. The lowest BCUT2D eigenvalue weighted by molar-refractivity contribution is 0.944. The number of aromatic amines is 1. The van der Waals surface area contributed by atoms with Crippen molar-refractivity contribution in [1.82, 2.24) is 14.8 Å². The van der Waals surface area contributed by atoms with Crippen molar-refractivity contribution >= 4 is 11.6 Å². The standard InChI is InChI=1S/C9H8ClN3O/c1-6-11-12-9(14)13(6)8-4-2-3-7(10)5-8/h2-5H,1H3,(H,12,14). The molecule has 0 aliphatic carbocycles. The van der Waals surface area contributed by atoms with Crippen molar-refractivity contribution in [3.63, 3.8) is 0 Å². The highest BCUT2D eigenvalue weighted by atomic mass is 35.5. The van der Waals surface area contributed by atoms with Crippen LogP contribution in [-0.4, -0.2) is 14.8 Å². The Balaban J connectivity index is 2.66. The Bertz CT molecular complexity index is 515. The quantitative estimate of drug-likeness (QED) is 0.774. The second-order valence-electron chi connectivity index (χ2n) is 2.89. The van der Waals surface area contributed by atoms with Crippen LogP contribution in [0.2, 0.25) is 5.02 Å². The van der Waals surface area contributed by atoms with Gasteiger partial charge in [0.15, 0.2) is 0 Å². The molecule has 0 spiro atoms. The zero-order chi connectivity index (χ0) is 10.1. The predicted octanol–water partition coefficient (Wildman–Crippen LogP) is 1.52. The summed E-state index contributed by atoms with van der Waals surface area (Å²) in [6.45, 7) is 1.75. The Morgan fingerprint density at radius 2 is 2.29 bits per heavy atom. The highest BCUT2D eigenvalue weighted by Crippen LogP contribution is 2.13. The first-order chi connectivity index (χ1) is 6.68. The number of benzene rings is 1. The van der Waals surface area contributed by atoms with E-state index >= 15 is 0 Å². The van der Waals surface area contributed by atoms with E-state index in [0.717, 1.165) is 0 Å². The second-order valence-corrected chi connectivity index (χ2v) is 3.33. The fourth-order valence-electron chi connectivity index (χ4n) is 1.29. The summed E-state index contributed by atoms with van der Waals surface area (Å²) in [4.78, 5) is 11.4. The molecule has 4 nitrogen and oxygen atoms in total. The Morgan fingerprint density at radius 3 is 2.86 bits per heavy atom. The van der Waals surface area contributed by atoms with Crippen molar-refractivity contribution in [2.45, 2.75) is 6.92 Å². The zero-order valence-corrected chi connectivity index (χ0v) is 8.25. The molecule has 0 fully saturated rings. The Kier molecular flexibility index (Phi) is 2.13. The topological polar surface area (TPSA) is 50.7 Å². The van der Waals surface area contributed by atoms with Gasteiger partial charge in [-0.05, 0) is 25.1 Å². The maximum Gasteiger partial charge on any atom is 0.347 e. The molecule has 0 saturated heterocycles. The molecule has 0 atom stereocenters. The summed E-state index contributed by atoms with van der Waals surface area (Å²) in [5.74, 6) is 0.609. The third-order valence-electron chi connectivity index (χ3n) is 1.91. The van der Waals surface area contributed by atoms with Gasteiger partial charge < -0.3 is 0 Å². The average Bonchev–Trinajstić information content (AvgIpc) is 2.46. The van der Waals surface area contributed by atoms with E-state index in [2.05, 4.69) is 10.2 Å². The van der Waals surface area contributed by atoms with E-state index in [4.69, 9.17) is 11.6 Å². The molecule has 0 aliphatic rings. The van der Waals surface area contributed by atoms with E-state index in [0.29, 0.717) is 16.5 Å². The van der Waals surface area contributed by atoms with E-state index < -0.39 is 0 Å². The normalized spacial score (nSPS) is 10.4. The van der Waals surface area contributed by atoms with Crippen molar-refractivity contribution in [2.24, 2.45) is 0 Å². The number of nitrogens with zero attached hydrogens (tertiary/aromatic N) is 2. The summed E-state index contributed by atoms with van der Waals surface area (Å²) in [5, 5.41) is 6.77. The lowest BCUT2D eigenvalue weighted by Gasteiger charge is -2.01. The van der Waals surface area contributed by atoms with Gasteiger partial charge in [0, 0.05) is 5.02 Å². The summed E-state index contributed by atoms with van der Waals surface area (Å²) in [5.41, 5.74) is 0.457. The number of nitrogens with one attached hydrogen (secondary N) is 1. The summed E-state index contributed by atoms with van der Waals surface area (Å²) in [6, 6.07) is 7.06. The fourth-order valence-corrected chi connectivity index (χ4v) is 1.48. The first-order valence-electron chi connectivity index (χ1n) is 4.08. The van der Waals surface area contributed by atoms with Crippen LogP contribution in [0.4, 0.5) is 0 Å². The van der Waals surface area contributed by atoms with Crippen molar-refractivity contribution in [3.05, 3.63) is 45.6 Å². The summed E-state index contributed by atoms with van der Waals surface area (Å²) in [6.07, 6.45) is 0. The molecule has 14 heavy (non-hydrogen) atoms. The number of rotatable bonds is 1. The first kappa shape index (κ1) is 9.02. The van der Waals surface area contributed by atoms with Crippen molar-refractivity contribution in [1.29, 1.82) is 0 Å². The molecule has 0 bridgehead atoms. The molecule has 0 aliphatic heterocycles. The van der Waals surface area contributed by atoms with E-state index in [1.54, 1.807) is 31.2 Å². The van der Waals surface area contributed by atoms with Crippen LogP contribution in [0.1, 0.15) is 5.82 Å². The van der Waals surface area contributed by atoms with Gasteiger partial charge in [0.2, 0.25) is 0 Å². The van der Waals surface area contributed by atoms with Crippen molar-refractivity contribution in [2.75, 3.05) is 0 Å². The van der Waals surface area contributed by atoms with Crippen molar-refractivity contribution < 1.29 is 0 Å². The summed E-state index contributed by atoms with van der Waals surface area (Å²) < 4.78 is 1.46. The minimum atomic E-state index is -0.259. The molecule has 1 N–H and O–H groups in total. The largest absolute Gasteiger partial charge is 0.347 e. The third kappa shape index (κ3) is 1.44. The zero-order valence-electron chi connectivity index (χ0n) is 7.49. The lowest BCUT2D eigenvalue weighted by atomic mass is 10.3. The van der Waals surface area contributed by atoms with Crippen LogP contribution >= 0.6 is 11.6 Å². The maximum atomic E-state index is 11.4. The Hall–Kier alpha value is -1.55. The molecular weight excluding hydrogens is 202 g/mol. The van der Waals surface area contributed by atoms with E-state index in [1.165, 1.54) is 4.57 Å². The molecular formula is C9H8ClN3O. The number of aryl methyl sites for hydroxylation is 1. The second kappa shape index (κ2) is 3.31. The molecule has 0 amide bonds. The van der Waals surface area contributed by atoms with Gasteiger partial charge >= 0.3 is 5.69 Å². The first-order valence-corrected chi connectivity index (χ1v) is 4.46. The number of halogens is 1. The van der Waals surface area contributed by atoms with Crippen LogP contribution < -0.4 is 5.69 Å². The molecule has 0 unspecified atom stereocenters. The fraction of sp³-hybridized carbons (Fsp3) is 0.111. The van der Waals surface area contributed by atoms with Gasteiger partial charge in [0.05, 0.1) is 5.69 Å². The SMILES string of the molecule is Cc1n[nH]c(=O)n1-c1cccc(Cl)c1. The lowest BCUT2D eigenvalue weighted by Crippen LogP contribution is -2.15. The minimum Gasteiger partial charge on any atom is -0.247 e. The van der Waals surface area contributed by atoms with Gasteiger partial charge in [-0.15, -0.1) is 0 Å². The smallest absolute Gasteiger partial charge is 0.247 e. The molecule has 72 valence electrons. The van der Waals surface area contributed by atoms with Gasteiger partial charge in [0.25, 0.3) is 0 Å². The highest BCUT2D eigenvalue weighted by molar-refractivity contribution is 6.30. The highest BCUT2D eigenvalue weighted by Gasteiger charge is 2.05. The van der Waals surface area contributed by atoms with Gasteiger partial charge in [-0.1, -0.05) is 17.7 Å². The van der Waals surface area contributed by atoms with Gasteiger partial charge in [0.1, 0.15) is 5.82 Å². The molecule has 0 radical (unpaired) electrons. The van der Waals surface area contributed by atoms with Gasteiger partial charge in [-0.3, -0.25) is 0 Å². The number of hydrogen-bond acceptors (Lipinski definition) is 2. The maximum absolute atomic E-state index is 11.4. The molecule has 1 aromatic heterocycles. The number of hydrogen-bond donors (Lipinski definition) is 1. The molecule has 2 aromatic rings. The number of aromatic nitrogens is 3. The molecule has 5 heteroatoms. The number of H-pyrrole nitrogens is 1. The van der Waals surface area contributed by atoms with E-state index in [1.807, 2.05) is 0 Å². The van der Waals surface area contributed by atoms with Crippen LogP contribution in [-0.2, 0) is 0 Å². The molecule has 2 rings (SSSR count). The molecule has 0 saturated carbocycles. The average molecular weight is 210 g/mol. The molecule has 1 heterocycles. The van der Waals surface area contributed by atoms with Crippen LogP contribution in [0.3, 0.4) is 0 Å². The predicted molar refractivity (Wildman–Crippen MR) is 53.9 cm³/mol. The monoisotopic (exact) mass is 209 g/mol. The summed E-state index contributed by atoms with van der Waals surface area (Å²) >= 11 is 5.82. The minimum absolute atomic E-state index is 0.259. The van der Waals surface area contributed by atoms with Gasteiger partial charge in [-0.25, -0.2) is 14.5 Å². The summed E-state index contributed by atoms with van der Waals surface area (Å²) in [7, 11) is 0. The van der Waals surface area contributed by atoms with E-state index in [-0.39, 0.29) is 5.69 Å². The van der Waals surface area contributed by atoms with Crippen molar-refractivity contribution in [3.8, 4) is 5.69 Å².